The Morgan fingerprint density at radius 1 is 1.56 bits per heavy atom. The molecule has 0 saturated heterocycles. The molecule has 0 aromatic carbocycles. The van der Waals surface area contributed by atoms with Gasteiger partial charge in [-0.1, -0.05) is 6.08 Å². The number of hydrogen-bond acceptors (Lipinski definition) is 4. The Labute approximate surface area is 105 Å². The Hall–Kier alpha value is -2.26. The number of imidazole rings is 1. The van der Waals surface area contributed by atoms with Crippen LogP contribution in [0, 0.1) is 0 Å². The van der Waals surface area contributed by atoms with E-state index in [0.717, 1.165) is 29.9 Å². The molecule has 1 aromatic rings. The van der Waals surface area contributed by atoms with Crippen LogP contribution in [0.2, 0.25) is 0 Å². The molecule has 18 heavy (non-hydrogen) atoms. The van der Waals surface area contributed by atoms with E-state index in [0.29, 0.717) is 13.0 Å². The zero-order chi connectivity index (χ0) is 12.6. The second-order valence-corrected chi connectivity index (χ2v) is 3.92. The van der Waals surface area contributed by atoms with Gasteiger partial charge in [0, 0.05) is 24.1 Å². The van der Waals surface area contributed by atoms with Crippen LogP contribution in [0.25, 0.3) is 0 Å². The SMILES string of the molecule is ON=C=C1C=CC=C(OCCCc2c[nH]cn2)C1. The van der Waals surface area contributed by atoms with E-state index >= 15 is 0 Å². The van der Waals surface area contributed by atoms with Crippen LogP contribution in [0.5, 0.6) is 0 Å². The van der Waals surface area contributed by atoms with Crippen molar-refractivity contribution in [2.75, 3.05) is 6.61 Å². The first-order chi connectivity index (χ1) is 8.88. The maximum Gasteiger partial charge on any atom is 0.101 e. The summed E-state index contributed by atoms with van der Waals surface area (Å²) in [6, 6.07) is 0. The van der Waals surface area contributed by atoms with Gasteiger partial charge < -0.3 is 14.9 Å². The van der Waals surface area contributed by atoms with E-state index in [1.54, 1.807) is 6.33 Å². The van der Waals surface area contributed by atoms with Crippen molar-refractivity contribution in [2.24, 2.45) is 5.16 Å². The molecule has 0 fully saturated rings. The fourth-order valence-electron chi connectivity index (χ4n) is 1.70. The molecular formula is C13H15N3O2. The van der Waals surface area contributed by atoms with Crippen molar-refractivity contribution >= 4 is 5.87 Å². The van der Waals surface area contributed by atoms with Gasteiger partial charge in [-0.2, -0.15) is 0 Å². The van der Waals surface area contributed by atoms with Crippen molar-refractivity contribution in [3.8, 4) is 0 Å². The van der Waals surface area contributed by atoms with Crippen LogP contribution in [0.3, 0.4) is 0 Å². The van der Waals surface area contributed by atoms with E-state index in [4.69, 9.17) is 9.94 Å². The smallest absolute Gasteiger partial charge is 0.101 e. The lowest BCUT2D eigenvalue weighted by Gasteiger charge is -2.11. The molecule has 0 unspecified atom stereocenters. The van der Waals surface area contributed by atoms with Crippen LogP contribution in [0.15, 0.2) is 47.2 Å². The predicted molar refractivity (Wildman–Crippen MR) is 67.4 cm³/mol. The van der Waals surface area contributed by atoms with Gasteiger partial charge in [-0.25, -0.2) is 4.98 Å². The van der Waals surface area contributed by atoms with E-state index in [1.165, 1.54) is 0 Å². The average Bonchev–Trinajstić information content (AvgIpc) is 2.89. The second-order valence-electron chi connectivity index (χ2n) is 3.92. The molecule has 1 heterocycles. The molecule has 2 N–H and O–H groups in total. The molecule has 0 amide bonds. The molecule has 0 radical (unpaired) electrons. The summed E-state index contributed by atoms with van der Waals surface area (Å²) < 4.78 is 5.65. The third-order valence-corrected chi connectivity index (χ3v) is 2.56. The third-order valence-electron chi connectivity index (χ3n) is 2.56. The quantitative estimate of drug-likeness (QED) is 0.361. The van der Waals surface area contributed by atoms with E-state index in [1.807, 2.05) is 24.4 Å². The number of rotatable bonds is 5. The molecule has 1 aromatic heterocycles. The number of H-pyrrole nitrogens is 1. The molecule has 1 aliphatic rings. The van der Waals surface area contributed by atoms with E-state index in [2.05, 4.69) is 21.0 Å². The van der Waals surface area contributed by atoms with Crippen LogP contribution >= 0.6 is 0 Å². The summed E-state index contributed by atoms with van der Waals surface area (Å²) in [5.41, 5.74) is 1.85. The summed E-state index contributed by atoms with van der Waals surface area (Å²) in [5.74, 6) is 3.37. The number of aromatic amines is 1. The summed E-state index contributed by atoms with van der Waals surface area (Å²) in [4.78, 5) is 7.07. The number of allylic oxidation sites excluding steroid dienone is 4. The van der Waals surface area contributed by atoms with Gasteiger partial charge in [0.15, 0.2) is 0 Å². The molecule has 5 nitrogen and oxygen atoms in total. The maximum absolute atomic E-state index is 8.41. The number of nitrogens with one attached hydrogen (secondary N) is 1. The molecule has 2 rings (SSSR count). The number of nitrogens with zero attached hydrogens (tertiary/aromatic N) is 2. The summed E-state index contributed by atoms with van der Waals surface area (Å²) in [6.45, 7) is 0.649. The molecule has 0 bridgehead atoms. The van der Waals surface area contributed by atoms with Gasteiger partial charge >= 0.3 is 0 Å². The summed E-state index contributed by atoms with van der Waals surface area (Å²) in [5, 5.41) is 11.3. The van der Waals surface area contributed by atoms with Crippen molar-refractivity contribution in [3.63, 3.8) is 0 Å². The van der Waals surface area contributed by atoms with Gasteiger partial charge in [-0.15, -0.1) is 0 Å². The number of ether oxygens (including phenoxy) is 1. The molecule has 0 atom stereocenters. The number of aromatic nitrogens is 2. The van der Waals surface area contributed by atoms with Crippen molar-refractivity contribution in [2.45, 2.75) is 19.3 Å². The van der Waals surface area contributed by atoms with Crippen LogP contribution in [0.4, 0.5) is 0 Å². The predicted octanol–water partition coefficient (Wildman–Crippen LogP) is 2.19. The van der Waals surface area contributed by atoms with Gasteiger partial charge in [0.25, 0.3) is 0 Å². The fourth-order valence-corrected chi connectivity index (χ4v) is 1.70. The molecule has 94 valence electrons. The Balaban J connectivity index is 1.73. The van der Waals surface area contributed by atoms with Crippen molar-refractivity contribution < 1.29 is 9.94 Å². The largest absolute Gasteiger partial charge is 0.498 e. The summed E-state index contributed by atoms with van der Waals surface area (Å²) in [7, 11) is 0. The normalized spacial score (nSPS) is 14.0. The lowest BCUT2D eigenvalue weighted by molar-refractivity contribution is 0.202. The molecule has 5 heteroatoms. The minimum Gasteiger partial charge on any atom is -0.498 e. The first-order valence-electron chi connectivity index (χ1n) is 5.82. The minimum atomic E-state index is 0.614. The average molecular weight is 245 g/mol. The topological polar surface area (TPSA) is 70.5 Å². The van der Waals surface area contributed by atoms with Crippen molar-refractivity contribution in [1.29, 1.82) is 0 Å². The summed E-state index contributed by atoms with van der Waals surface area (Å²) >= 11 is 0. The lowest BCUT2D eigenvalue weighted by Crippen LogP contribution is -2.00. The third kappa shape index (κ3) is 3.64. The van der Waals surface area contributed by atoms with Gasteiger partial charge in [0.05, 0.1) is 18.6 Å². The Morgan fingerprint density at radius 2 is 2.50 bits per heavy atom. The highest BCUT2D eigenvalue weighted by atomic mass is 16.5. The van der Waals surface area contributed by atoms with E-state index in [9.17, 15) is 0 Å². The van der Waals surface area contributed by atoms with Gasteiger partial charge in [-0.3, -0.25) is 0 Å². The van der Waals surface area contributed by atoms with Crippen molar-refractivity contribution in [1.82, 2.24) is 9.97 Å². The van der Waals surface area contributed by atoms with Crippen LogP contribution in [0.1, 0.15) is 18.5 Å². The van der Waals surface area contributed by atoms with Crippen LogP contribution < -0.4 is 0 Å². The molecule has 1 aliphatic carbocycles. The standard InChI is InChI=1S/C13H15N3O2/c17-16-8-11-3-1-5-13(7-11)18-6-2-4-12-9-14-10-15-12/h1,3,5,9-10,17H,2,4,6-7H2,(H,14,15). The van der Waals surface area contributed by atoms with E-state index in [-0.39, 0.29) is 0 Å². The summed E-state index contributed by atoms with van der Waals surface area (Å²) in [6.07, 6.45) is 11.6. The molecule has 0 aliphatic heterocycles. The van der Waals surface area contributed by atoms with Crippen LogP contribution in [-0.2, 0) is 11.2 Å². The first-order valence-corrected chi connectivity index (χ1v) is 5.82. The van der Waals surface area contributed by atoms with Gasteiger partial charge in [0.2, 0.25) is 0 Å². The highest BCUT2D eigenvalue weighted by Crippen LogP contribution is 2.17. The Bertz CT molecular complexity index is 494. The molecule has 0 spiro atoms. The van der Waals surface area contributed by atoms with Gasteiger partial charge in [-0.05, 0) is 30.1 Å². The van der Waals surface area contributed by atoms with E-state index < -0.39 is 0 Å². The number of aryl methyl sites for hydroxylation is 1. The maximum atomic E-state index is 8.41. The Morgan fingerprint density at radius 3 is 3.28 bits per heavy atom. The fraction of sp³-hybridized carbons (Fsp3) is 0.308. The Kier molecular flexibility index (Phi) is 4.39. The minimum absolute atomic E-state index is 0.614. The highest BCUT2D eigenvalue weighted by Gasteiger charge is 2.05. The lowest BCUT2D eigenvalue weighted by atomic mass is 10.1. The molecular weight excluding hydrogens is 230 g/mol. The monoisotopic (exact) mass is 245 g/mol. The first kappa shape index (κ1) is 12.2. The zero-order valence-electron chi connectivity index (χ0n) is 9.97. The van der Waals surface area contributed by atoms with Gasteiger partial charge in [0.1, 0.15) is 5.76 Å². The zero-order valence-corrected chi connectivity index (χ0v) is 9.97. The second kappa shape index (κ2) is 6.47. The van der Waals surface area contributed by atoms with Crippen molar-refractivity contribution in [3.05, 3.63) is 47.8 Å². The highest BCUT2D eigenvalue weighted by molar-refractivity contribution is 5.63. The molecule has 0 saturated carbocycles. The van der Waals surface area contributed by atoms with Crippen LogP contribution in [-0.4, -0.2) is 27.7 Å². The number of hydrogen-bond donors (Lipinski definition) is 2.